The van der Waals surface area contributed by atoms with Gasteiger partial charge in [0.1, 0.15) is 6.26 Å². The molecule has 1 unspecified atom stereocenters. The highest BCUT2D eigenvalue weighted by Gasteiger charge is 2.30. The third-order valence-electron chi connectivity index (χ3n) is 3.86. The maximum Gasteiger partial charge on any atom is 0.407 e. The van der Waals surface area contributed by atoms with Gasteiger partial charge in [-0.3, -0.25) is 0 Å². The molecule has 0 bridgehead atoms. The molecule has 0 aromatic carbocycles. The van der Waals surface area contributed by atoms with Gasteiger partial charge in [-0.25, -0.2) is 9.79 Å². The smallest absolute Gasteiger partial charge is 0.407 e. The highest BCUT2D eigenvalue weighted by atomic mass is 32.2. The Kier molecular flexibility index (Phi) is 7.08. The van der Waals surface area contributed by atoms with Crippen LogP contribution in [0.2, 0.25) is 0 Å². The zero-order valence-corrected chi connectivity index (χ0v) is 14.9. The lowest BCUT2D eigenvalue weighted by molar-refractivity contribution is 0.109. The average molecular weight is 341 g/mol. The van der Waals surface area contributed by atoms with E-state index in [0.29, 0.717) is 5.92 Å². The first-order chi connectivity index (χ1) is 11.1. The van der Waals surface area contributed by atoms with E-state index in [2.05, 4.69) is 15.6 Å². The van der Waals surface area contributed by atoms with Gasteiger partial charge in [0.2, 0.25) is 0 Å². The molecule has 1 heterocycles. The lowest BCUT2D eigenvalue weighted by atomic mass is 9.86. The SMILES string of the molecule is CN/C=C\OC1CSC(C2CCC(NC(=O)OC(C)C)CC2)=N1. The minimum atomic E-state index is -0.305. The monoisotopic (exact) mass is 341 g/mol. The molecule has 1 fully saturated rings. The summed E-state index contributed by atoms with van der Waals surface area (Å²) in [5, 5.41) is 7.05. The van der Waals surface area contributed by atoms with Gasteiger partial charge in [-0.2, -0.15) is 0 Å². The summed E-state index contributed by atoms with van der Waals surface area (Å²) in [5.41, 5.74) is 0. The van der Waals surface area contributed by atoms with Gasteiger partial charge in [0.15, 0.2) is 6.23 Å². The van der Waals surface area contributed by atoms with Gasteiger partial charge in [-0.1, -0.05) is 0 Å². The molecule has 0 saturated heterocycles. The number of hydrogen-bond acceptors (Lipinski definition) is 6. The number of hydrogen-bond donors (Lipinski definition) is 2. The van der Waals surface area contributed by atoms with Crippen molar-refractivity contribution < 1.29 is 14.3 Å². The standard InChI is InChI=1S/C16H27N3O3S/c1-11(2)22-16(20)18-13-6-4-12(5-7-13)15-19-14(10-23-15)21-9-8-17-3/h8-9,11-14,17H,4-7,10H2,1-3H3,(H,18,20)/b9-8-. The van der Waals surface area contributed by atoms with Crippen LogP contribution in [0.15, 0.2) is 17.5 Å². The first-order valence-corrected chi connectivity index (χ1v) is 9.22. The molecule has 2 aliphatic rings. The molecule has 0 radical (unpaired) electrons. The Hall–Kier alpha value is -1.37. The molecule has 2 rings (SSSR count). The van der Waals surface area contributed by atoms with Gasteiger partial charge in [-0.15, -0.1) is 11.8 Å². The summed E-state index contributed by atoms with van der Waals surface area (Å²) in [5.74, 6) is 1.38. The summed E-state index contributed by atoms with van der Waals surface area (Å²) >= 11 is 1.80. The maximum atomic E-state index is 11.6. The van der Waals surface area contributed by atoms with Gasteiger partial charge in [-0.05, 0) is 39.5 Å². The molecule has 130 valence electrons. The van der Waals surface area contributed by atoms with E-state index in [1.807, 2.05) is 20.9 Å². The van der Waals surface area contributed by atoms with Crippen LogP contribution in [0.3, 0.4) is 0 Å². The molecule has 1 saturated carbocycles. The fourth-order valence-electron chi connectivity index (χ4n) is 2.76. The van der Waals surface area contributed by atoms with Gasteiger partial charge in [0, 0.05) is 25.2 Å². The number of carbonyl (C=O) groups excluding carboxylic acids is 1. The maximum absolute atomic E-state index is 11.6. The molecular weight excluding hydrogens is 314 g/mol. The van der Waals surface area contributed by atoms with Crippen LogP contribution >= 0.6 is 11.8 Å². The molecular formula is C16H27N3O3S. The van der Waals surface area contributed by atoms with Crippen molar-refractivity contribution >= 4 is 22.9 Å². The Balaban J connectivity index is 1.73. The van der Waals surface area contributed by atoms with Crippen LogP contribution in [0.5, 0.6) is 0 Å². The summed E-state index contributed by atoms with van der Waals surface area (Å²) in [7, 11) is 1.83. The van der Waals surface area contributed by atoms with Crippen LogP contribution in [0.25, 0.3) is 0 Å². The molecule has 0 aromatic heterocycles. The molecule has 2 N–H and O–H groups in total. The minimum Gasteiger partial charge on any atom is -0.474 e. The number of aliphatic imine (C=N–C) groups is 1. The molecule has 1 aliphatic heterocycles. The topological polar surface area (TPSA) is 72.0 Å². The summed E-state index contributed by atoms with van der Waals surface area (Å²) < 4.78 is 10.7. The fraction of sp³-hybridized carbons (Fsp3) is 0.750. The molecule has 1 atom stereocenters. The quantitative estimate of drug-likeness (QED) is 0.727. The number of thioether (sulfide) groups is 1. The number of nitrogens with one attached hydrogen (secondary N) is 2. The second-order valence-electron chi connectivity index (χ2n) is 6.11. The summed E-state index contributed by atoms with van der Waals surface area (Å²) in [6.45, 7) is 3.71. The Labute approximate surface area is 142 Å². The lowest BCUT2D eigenvalue weighted by Gasteiger charge is -2.28. The van der Waals surface area contributed by atoms with Crippen LogP contribution in [0.4, 0.5) is 4.79 Å². The van der Waals surface area contributed by atoms with Gasteiger partial charge in [0.05, 0.1) is 16.9 Å². The number of rotatable bonds is 6. The summed E-state index contributed by atoms with van der Waals surface area (Å²) in [6.07, 6.45) is 7.01. The number of ether oxygens (including phenoxy) is 2. The molecule has 6 nitrogen and oxygen atoms in total. The molecule has 1 amide bonds. The number of alkyl carbamates (subject to hydrolysis) is 1. The number of amides is 1. The van der Waals surface area contributed by atoms with E-state index in [0.717, 1.165) is 31.4 Å². The predicted molar refractivity (Wildman–Crippen MR) is 93.5 cm³/mol. The van der Waals surface area contributed by atoms with Crippen LogP contribution in [-0.4, -0.2) is 42.3 Å². The van der Waals surface area contributed by atoms with Crippen LogP contribution < -0.4 is 10.6 Å². The van der Waals surface area contributed by atoms with Crippen molar-refractivity contribution in [3.8, 4) is 0 Å². The van der Waals surface area contributed by atoms with Crippen molar-refractivity contribution in [2.24, 2.45) is 10.9 Å². The second kappa shape index (κ2) is 9.05. The van der Waals surface area contributed by atoms with Crippen molar-refractivity contribution in [2.75, 3.05) is 12.8 Å². The summed E-state index contributed by atoms with van der Waals surface area (Å²) in [4.78, 5) is 16.3. The van der Waals surface area contributed by atoms with Gasteiger partial charge < -0.3 is 20.1 Å². The lowest BCUT2D eigenvalue weighted by Crippen LogP contribution is -2.39. The zero-order chi connectivity index (χ0) is 16.7. The first kappa shape index (κ1) is 18.0. The van der Waals surface area contributed by atoms with Crippen molar-refractivity contribution in [1.82, 2.24) is 10.6 Å². The fourth-order valence-corrected chi connectivity index (χ4v) is 3.89. The van der Waals surface area contributed by atoms with E-state index in [4.69, 9.17) is 9.47 Å². The van der Waals surface area contributed by atoms with E-state index in [-0.39, 0.29) is 24.5 Å². The van der Waals surface area contributed by atoms with E-state index in [1.54, 1.807) is 24.2 Å². The number of carbonyl (C=O) groups is 1. The third kappa shape index (κ3) is 5.97. The Bertz CT molecular complexity index is 446. The minimum absolute atomic E-state index is 0.0727. The Morgan fingerprint density at radius 1 is 1.35 bits per heavy atom. The highest BCUT2D eigenvalue weighted by Crippen LogP contribution is 2.33. The van der Waals surface area contributed by atoms with Crippen molar-refractivity contribution in [2.45, 2.75) is 57.9 Å². The first-order valence-electron chi connectivity index (χ1n) is 8.24. The molecule has 23 heavy (non-hydrogen) atoms. The van der Waals surface area contributed by atoms with E-state index < -0.39 is 0 Å². The van der Waals surface area contributed by atoms with E-state index in [9.17, 15) is 4.79 Å². The van der Waals surface area contributed by atoms with Crippen LogP contribution in [0.1, 0.15) is 39.5 Å². The Morgan fingerprint density at radius 3 is 2.74 bits per heavy atom. The van der Waals surface area contributed by atoms with Crippen molar-refractivity contribution in [3.63, 3.8) is 0 Å². The molecule has 0 aromatic rings. The third-order valence-corrected chi connectivity index (χ3v) is 5.04. The highest BCUT2D eigenvalue weighted by molar-refractivity contribution is 8.14. The van der Waals surface area contributed by atoms with Crippen LogP contribution in [0, 0.1) is 5.92 Å². The largest absolute Gasteiger partial charge is 0.474 e. The number of nitrogens with zero attached hydrogens (tertiary/aromatic N) is 1. The van der Waals surface area contributed by atoms with Crippen molar-refractivity contribution in [3.05, 3.63) is 12.5 Å². The normalized spacial score (nSPS) is 27.8. The van der Waals surface area contributed by atoms with E-state index >= 15 is 0 Å². The molecule has 1 aliphatic carbocycles. The predicted octanol–water partition coefficient (Wildman–Crippen LogP) is 2.86. The second-order valence-corrected chi connectivity index (χ2v) is 7.15. The van der Waals surface area contributed by atoms with E-state index in [1.165, 1.54) is 5.04 Å². The van der Waals surface area contributed by atoms with Crippen molar-refractivity contribution in [1.29, 1.82) is 0 Å². The Morgan fingerprint density at radius 2 is 2.09 bits per heavy atom. The molecule has 7 heteroatoms. The average Bonchev–Trinajstić information content (AvgIpc) is 2.96. The van der Waals surface area contributed by atoms with Crippen LogP contribution in [-0.2, 0) is 9.47 Å². The molecule has 0 spiro atoms. The van der Waals surface area contributed by atoms with Gasteiger partial charge in [0.25, 0.3) is 0 Å². The summed E-state index contributed by atoms with van der Waals surface area (Å²) in [6, 6.07) is 0.218. The zero-order valence-electron chi connectivity index (χ0n) is 14.1. The van der Waals surface area contributed by atoms with Gasteiger partial charge >= 0.3 is 6.09 Å².